The summed E-state index contributed by atoms with van der Waals surface area (Å²) < 4.78 is 0. The van der Waals surface area contributed by atoms with Gasteiger partial charge in [-0.05, 0) is 24.3 Å². The Bertz CT molecular complexity index is 185. The van der Waals surface area contributed by atoms with Crippen LogP contribution >= 0.6 is 0 Å². The molecule has 0 saturated carbocycles. The van der Waals surface area contributed by atoms with Gasteiger partial charge in [-0.25, -0.2) is 0 Å². The van der Waals surface area contributed by atoms with Crippen LogP contribution in [0.2, 0.25) is 0 Å². The minimum absolute atomic E-state index is 0. The van der Waals surface area contributed by atoms with Crippen LogP contribution < -0.4 is 5.32 Å². The van der Waals surface area contributed by atoms with Gasteiger partial charge in [0.05, 0.1) is 0 Å². The van der Waals surface area contributed by atoms with Crippen LogP contribution in [0.5, 0.6) is 5.75 Å². The summed E-state index contributed by atoms with van der Waals surface area (Å²) in [7, 11) is 1.84. The number of nitrogens with one attached hydrogen (secondary N) is 1. The fraction of sp³-hybridized carbons (Fsp3) is 0.143. The van der Waals surface area contributed by atoms with E-state index in [0.29, 0.717) is 5.75 Å². The molecule has 0 aliphatic heterocycles. The Morgan fingerprint density at radius 1 is 1.20 bits per heavy atom. The van der Waals surface area contributed by atoms with E-state index in [1.54, 1.807) is 12.1 Å². The van der Waals surface area contributed by atoms with Gasteiger partial charge in [0, 0.05) is 12.7 Å². The van der Waals surface area contributed by atoms with Gasteiger partial charge in [-0.15, -0.1) is 0 Å². The summed E-state index contributed by atoms with van der Waals surface area (Å²) in [4.78, 5) is 0. The summed E-state index contributed by atoms with van der Waals surface area (Å²) >= 11 is 0. The predicted molar refractivity (Wildman–Crippen MR) is 44.8 cm³/mol. The number of benzene rings is 1. The first kappa shape index (κ1) is 10.5. The molecule has 0 radical (unpaired) electrons. The standard InChI is InChI=1S/C7H9NO.K.H/c1-8-6-2-4-7(9)5-3-6;;/h2-5,8-9H,1H3;;. The Morgan fingerprint density at radius 3 is 2.10 bits per heavy atom. The third-order valence-corrected chi connectivity index (χ3v) is 1.16. The molecule has 0 aromatic heterocycles. The molecular weight excluding hydrogens is 153 g/mol. The predicted octanol–water partition coefficient (Wildman–Crippen LogP) is 0.785. The Kier molecular flexibility index (Phi) is 5.39. The van der Waals surface area contributed by atoms with Crippen molar-refractivity contribution in [2.45, 2.75) is 0 Å². The molecule has 1 aromatic rings. The number of phenolic OH excluding ortho intramolecular Hbond substituents is 1. The topological polar surface area (TPSA) is 32.3 Å². The summed E-state index contributed by atoms with van der Waals surface area (Å²) in [6.07, 6.45) is 0. The number of rotatable bonds is 1. The molecule has 1 aromatic carbocycles. The number of anilines is 1. The van der Waals surface area contributed by atoms with Crippen molar-refractivity contribution in [3.8, 4) is 5.75 Å². The average molecular weight is 163 g/mol. The van der Waals surface area contributed by atoms with Crippen LogP contribution in [-0.4, -0.2) is 63.5 Å². The summed E-state index contributed by atoms with van der Waals surface area (Å²) in [5, 5.41) is 11.8. The SMILES string of the molecule is CNc1ccc(O)cc1.[KH]. The third-order valence-electron chi connectivity index (χ3n) is 1.16. The van der Waals surface area contributed by atoms with Gasteiger partial charge in [0.2, 0.25) is 0 Å². The van der Waals surface area contributed by atoms with Crippen LogP contribution in [0.15, 0.2) is 24.3 Å². The second-order valence-corrected chi connectivity index (χ2v) is 1.80. The fourth-order valence-electron chi connectivity index (χ4n) is 0.628. The average Bonchev–Trinajstić information content (AvgIpc) is 1.90. The molecule has 0 amide bonds. The van der Waals surface area contributed by atoms with Gasteiger partial charge >= 0.3 is 51.4 Å². The summed E-state index contributed by atoms with van der Waals surface area (Å²) in [6.45, 7) is 0. The maximum absolute atomic E-state index is 8.82. The second-order valence-electron chi connectivity index (χ2n) is 1.80. The van der Waals surface area contributed by atoms with Crippen molar-refractivity contribution in [3.05, 3.63) is 24.3 Å². The van der Waals surface area contributed by atoms with Crippen molar-refractivity contribution in [2.75, 3.05) is 12.4 Å². The zero-order valence-corrected chi connectivity index (χ0v) is 5.26. The monoisotopic (exact) mass is 163 g/mol. The van der Waals surface area contributed by atoms with Gasteiger partial charge in [-0.2, -0.15) is 0 Å². The van der Waals surface area contributed by atoms with Crippen LogP contribution in [0.3, 0.4) is 0 Å². The molecule has 0 fully saturated rings. The molecule has 0 atom stereocenters. The van der Waals surface area contributed by atoms with E-state index in [9.17, 15) is 0 Å². The van der Waals surface area contributed by atoms with Crippen molar-refractivity contribution < 1.29 is 5.11 Å². The zero-order chi connectivity index (χ0) is 6.69. The van der Waals surface area contributed by atoms with Crippen molar-refractivity contribution in [1.82, 2.24) is 0 Å². The van der Waals surface area contributed by atoms with Crippen LogP contribution in [0, 0.1) is 0 Å². The molecule has 2 N–H and O–H groups in total. The van der Waals surface area contributed by atoms with Crippen molar-refractivity contribution in [2.24, 2.45) is 0 Å². The van der Waals surface area contributed by atoms with E-state index >= 15 is 0 Å². The van der Waals surface area contributed by atoms with Crippen LogP contribution in [0.25, 0.3) is 0 Å². The van der Waals surface area contributed by atoms with Crippen molar-refractivity contribution in [3.63, 3.8) is 0 Å². The summed E-state index contributed by atoms with van der Waals surface area (Å²) in [5.41, 5.74) is 1.01. The normalized spacial score (nSPS) is 8.10. The first-order valence-corrected chi connectivity index (χ1v) is 2.79. The molecule has 0 aliphatic carbocycles. The Morgan fingerprint density at radius 2 is 1.70 bits per heavy atom. The molecule has 1 rings (SSSR count). The third kappa shape index (κ3) is 3.03. The van der Waals surface area contributed by atoms with E-state index < -0.39 is 0 Å². The van der Waals surface area contributed by atoms with Gasteiger partial charge in [-0.3, -0.25) is 0 Å². The molecule has 3 heteroatoms. The van der Waals surface area contributed by atoms with Crippen LogP contribution in [-0.2, 0) is 0 Å². The van der Waals surface area contributed by atoms with E-state index in [0.717, 1.165) is 5.69 Å². The Balaban J connectivity index is 0.000000810. The molecule has 0 spiro atoms. The molecule has 2 nitrogen and oxygen atoms in total. The van der Waals surface area contributed by atoms with E-state index in [-0.39, 0.29) is 51.4 Å². The molecule has 0 saturated heterocycles. The summed E-state index contributed by atoms with van der Waals surface area (Å²) in [5.74, 6) is 0.300. The number of hydrogen-bond donors (Lipinski definition) is 2. The van der Waals surface area contributed by atoms with Gasteiger partial charge in [-0.1, -0.05) is 0 Å². The van der Waals surface area contributed by atoms with E-state index in [2.05, 4.69) is 5.32 Å². The van der Waals surface area contributed by atoms with Gasteiger partial charge in [0.1, 0.15) is 5.75 Å². The minimum atomic E-state index is 0. The van der Waals surface area contributed by atoms with E-state index in [1.165, 1.54) is 0 Å². The first-order valence-electron chi connectivity index (χ1n) is 2.79. The zero-order valence-electron chi connectivity index (χ0n) is 5.26. The van der Waals surface area contributed by atoms with Gasteiger partial charge in [0.25, 0.3) is 0 Å². The first-order chi connectivity index (χ1) is 4.33. The number of aromatic hydroxyl groups is 1. The molecular formula is C7H10KNO. The molecule has 0 unspecified atom stereocenters. The summed E-state index contributed by atoms with van der Waals surface area (Å²) in [6, 6.07) is 6.92. The fourth-order valence-corrected chi connectivity index (χ4v) is 0.628. The quantitative estimate of drug-likeness (QED) is 0.474. The number of hydrogen-bond acceptors (Lipinski definition) is 2. The number of phenols is 1. The van der Waals surface area contributed by atoms with Crippen molar-refractivity contribution in [1.29, 1.82) is 0 Å². The Hall–Kier alpha value is 0.456. The van der Waals surface area contributed by atoms with Crippen LogP contribution in [0.1, 0.15) is 0 Å². The molecule has 50 valence electrons. The van der Waals surface area contributed by atoms with Crippen molar-refractivity contribution >= 4 is 57.1 Å². The molecule has 0 bridgehead atoms. The van der Waals surface area contributed by atoms with Gasteiger partial charge < -0.3 is 10.4 Å². The van der Waals surface area contributed by atoms with E-state index in [1.807, 2.05) is 19.2 Å². The molecule has 10 heavy (non-hydrogen) atoms. The Labute approximate surface area is 103 Å². The molecule has 0 heterocycles. The van der Waals surface area contributed by atoms with Gasteiger partial charge in [0.15, 0.2) is 0 Å². The maximum atomic E-state index is 8.82. The van der Waals surface area contributed by atoms with Crippen LogP contribution in [0.4, 0.5) is 5.69 Å². The van der Waals surface area contributed by atoms with E-state index in [4.69, 9.17) is 5.11 Å². The molecule has 0 aliphatic rings. The second kappa shape index (κ2) is 5.15.